The lowest BCUT2D eigenvalue weighted by molar-refractivity contribution is 0.204. The summed E-state index contributed by atoms with van der Waals surface area (Å²) in [7, 11) is 3.16. The molecule has 0 radical (unpaired) electrons. The van der Waals surface area contributed by atoms with Gasteiger partial charge in [0.2, 0.25) is 0 Å². The van der Waals surface area contributed by atoms with Gasteiger partial charge in [0.25, 0.3) is 0 Å². The Balaban J connectivity index is 2.44. The minimum atomic E-state index is -1.03. The monoisotopic (exact) mass is 270 g/mol. The van der Waals surface area contributed by atoms with Crippen molar-refractivity contribution < 1.29 is 14.2 Å². The molecular formula is C12H12ClFN2O2. The molecule has 1 heterocycles. The van der Waals surface area contributed by atoms with Gasteiger partial charge in [-0.1, -0.05) is 17.7 Å². The summed E-state index contributed by atoms with van der Waals surface area (Å²) in [6, 6.07) is 4.15. The van der Waals surface area contributed by atoms with Crippen LogP contribution >= 0.6 is 11.6 Å². The second kappa shape index (κ2) is 4.96. The third-order valence-corrected chi connectivity index (χ3v) is 2.99. The number of ether oxygens (including phenoxy) is 1. The van der Waals surface area contributed by atoms with E-state index in [1.54, 1.807) is 13.1 Å². The number of halogens is 2. The summed E-state index contributed by atoms with van der Waals surface area (Å²) < 4.78 is 19.9. The van der Waals surface area contributed by atoms with Crippen LogP contribution in [0.1, 0.15) is 17.4 Å². The first-order valence-electron chi connectivity index (χ1n) is 5.23. The number of aromatic nitrogens is 2. The average molecular weight is 271 g/mol. The molecule has 96 valence electrons. The summed E-state index contributed by atoms with van der Waals surface area (Å²) in [4.78, 5) is 0. The Bertz CT molecular complexity index is 571. The summed E-state index contributed by atoms with van der Waals surface area (Å²) in [5.41, 5.74) is 0.845. The molecule has 0 spiro atoms. The van der Waals surface area contributed by atoms with Crippen LogP contribution in [0.25, 0.3) is 0 Å². The lowest BCUT2D eigenvalue weighted by Gasteiger charge is -2.13. The van der Waals surface area contributed by atoms with E-state index in [-0.39, 0.29) is 5.02 Å². The molecule has 1 atom stereocenters. The number of aliphatic hydroxyl groups is 1. The Morgan fingerprint density at radius 3 is 2.83 bits per heavy atom. The largest absolute Gasteiger partial charge is 0.493 e. The van der Waals surface area contributed by atoms with Crippen molar-refractivity contribution in [2.24, 2.45) is 7.05 Å². The van der Waals surface area contributed by atoms with Crippen LogP contribution < -0.4 is 4.74 Å². The van der Waals surface area contributed by atoms with Crippen molar-refractivity contribution in [1.82, 2.24) is 9.78 Å². The van der Waals surface area contributed by atoms with Crippen LogP contribution in [0.15, 0.2) is 24.4 Å². The normalized spacial score (nSPS) is 12.5. The standard InChI is InChI=1S/C12H12ClFN2O2/c1-16-11(10(18-2)6-15-16)12(17)7-3-4-8(13)9(14)5-7/h3-6,12,17H,1-2H3. The van der Waals surface area contributed by atoms with Gasteiger partial charge in [0, 0.05) is 7.05 Å². The average Bonchev–Trinajstić information content (AvgIpc) is 2.73. The molecule has 2 aromatic rings. The van der Waals surface area contributed by atoms with Crippen molar-refractivity contribution in [3.05, 3.63) is 46.5 Å². The van der Waals surface area contributed by atoms with E-state index < -0.39 is 11.9 Å². The van der Waals surface area contributed by atoms with Gasteiger partial charge in [0.15, 0.2) is 5.75 Å². The minimum Gasteiger partial charge on any atom is -0.493 e. The molecule has 0 saturated carbocycles. The molecule has 1 aromatic carbocycles. The second-order valence-corrected chi connectivity index (χ2v) is 4.21. The molecule has 18 heavy (non-hydrogen) atoms. The topological polar surface area (TPSA) is 47.3 Å². The fourth-order valence-corrected chi connectivity index (χ4v) is 1.85. The van der Waals surface area contributed by atoms with Crippen LogP contribution in [0.4, 0.5) is 4.39 Å². The maximum Gasteiger partial charge on any atom is 0.162 e. The Morgan fingerprint density at radius 1 is 1.50 bits per heavy atom. The molecule has 1 aromatic heterocycles. The fourth-order valence-electron chi connectivity index (χ4n) is 1.74. The molecule has 0 bridgehead atoms. The number of aliphatic hydroxyl groups excluding tert-OH is 1. The van der Waals surface area contributed by atoms with E-state index >= 15 is 0 Å². The Labute approximate surface area is 109 Å². The molecule has 0 aliphatic heterocycles. The van der Waals surface area contributed by atoms with Crippen molar-refractivity contribution in [3.8, 4) is 5.75 Å². The first-order valence-corrected chi connectivity index (χ1v) is 5.61. The van der Waals surface area contributed by atoms with Crippen molar-refractivity contribution in [2.45, 2.75) is 6.10 Å². The second-order valence-electron chi connectivity index (χ2n) is 3.80. The van der Waals surface area contributed by atoms with Crippen molar-refractivity contribution in [3.63, 3.8) is 0 Å². The number of methoxy groups -OCH3 is 1. The Morgan fingerprint density at radius 2 is 2.22 bits per heavy atom. The lowest BCUT2D eigenvalue weighted by atomic mass is 10.1. The third kappa shape index (κ3) is 2.19. The van der Waals surface area contributed by atoms with Gasteiger partial charge in [0.05, 0.1) is 18.3 Å². The number of rotatable bonds is 3. The van der Waals surface area contributed by atoms with Crippen molar-refractivity contribution in [2.75, 3.05) is 7.11 Å². The molecule has 2 rings (SSSR count). The first kappa shape index (κ1) is 12.9. The molecule has 1 unspecified atom stereocenters. The van der Waals surface area contributed by atoms with Crippen LogP contribution in [0.5, 0.6) is 5.75 Å². The highest BCUT2D eigenvalue weighted by molar-refractivity contribution is 6.30. The van der Waals surface area contributed by atoms with Gasteiger partial charge in [-0.3, -0.25) is 4.68 Å². The van der Waals surface area contributed by atoms with Crippen molar-refractivity contribution >= 4 is 11.6 Å². The van der Waals surface area contributed by atoms with Gasteiger partial charge in [-0.2, -0.15) is 5.10 Å². The molecule has 6 heteroatoms. The Hall–Kier alpha value is -1.59. The predicted molar refractivity (Wildman–Crippen MR) is 65.2 cm³/mol. The molecule has 0 aliphatic carbocycles. The van der Waals surface area contributed by atoms with E-state index in [4.69, 9.17) is 16.3 Å². The maximum atomic E-state index is 13.4. The number of hydrogen-bond donors (Lipinski definition) is 1. The van der Waals surface area contributed by atoms with Crippen LogP contribution in [-0.2, 0) is 7.05 Å². The van der Waals surface area contributed by atoms with Gasteiger partial charge in [-0.15, -0.1) is 0 Å². The Kier molecular flexibility index (Phi) is 3.54. The number of hydrogen-bond acceptors (Lipinski definition) is 3. The number of benzene rings is 1. The SMILES string of the molecule is COc1cnn(C)c1C(O)c1ccc(Cl)c(F)c1. The van der Waals surface area contributed by atoms with Crippen LogP contribution in [0.2, 0.25) is 5.02 Å². The molecule has 4 nitrogen and oxygen atoms in total. The van der Waals surface area contributed by atoms with Crippen LogP contribution in [-0.4, -0.2) is 22.0 Å². The minimum absolute atomic E-state index is 0.0166. The molecule has 0 fully saturated rings. The zero-order valence-electron chi connectivity index (χ0n) is 9.89. The molecule has 1 N–H and O–H groups in total. The predicted octanol–water partition coefficient (Wildman–Crippen LogP) is 2.30. The molecule has 0 amide bonds. The van der Waals surface area contributed by atoms with E-state index in [0.717, 1.165) is 0 Å². The van der Waals surface area contributed by atoms with E-state index in [1.807, 2.05) is 0 Å². The van der Waals surface area contributed by atoms with Crippen LogP contribution in [0, 0.1) is 5.82 Å². The smallest absolute Gasteiger partial charge is 0.162 e. The first-order chi connectivity index (χ1) is 8.54. The highest BCUT2D eigenvalue weighted by atomic mass is 35.5. The van der Waals surface area contributed by atoms with Crippen molar-refractivity contribution in [1.29, 1.82) is 0 Å². The number of aryl methyl sites for hydroxylation is 1. The van der Waals surface area contributed by atoms with Gasteiger partial charge < -0.3 is 9.84 Å². The van der Waals surface area contributed by atoms with E-state index in [2.05, 4.69) is 5.10 Å². The van der Waals surface area contributed by atoms with Gasteiger partial charge in [-0.25, -0.2) is 4.39 Å². The van der Waals surface area contributed by atoms with E-state index in [9.17, 15) is 9.50 Å². The molecular weight excluding hydrogens is 259 g/mol. The zero-order valence-corrected chi connectivity index (χ0v) is 10.6. The van der Waals surface area contributed by atoms with E-state index in [0.29, 0.717) is 17.0 Å². The van der Waals surface area contributed by atoms with Gasteiger partial charge >= 0.3 is 0 Å². The van der Waals surface area contributed by atoms with Gasteiger partial charge in [0.1, 0.15) is 17.6 Å². The summed E-state index contributed by atoms with van der Waals surface area (Å²) in [5.74, 6) is -0.130. The summed E-state index contributed by atoms with van der Waals surface area (Å²) in [6.07, 6.45) is 0.462. The highest BCUT2D eigenvalue weighted by Gasteiger charge is 2.20. The van der Waals surface area contributed by atoms with Gasteiger partial charge in [-0.05, 0) is 17.7 Å². The van der Waals surface area contributed by atoms with Crippen LogP contribution in [0.3, 0.4) is 0 Å². The quantitative estimate of drug-likeness (QED) is 0.931. The third-order valence-electron chi connectivity index (χ3n) is 2.69. The molecule has 0 aliphatic rings. The number of nitrogens with zero attached hydrogens (tertiary/aromatic N) is 2. The fraction of sp³-hybridized carbons (Fsp3) is 0.250. The summed E-state index contributed by atoms with van der Waals surface area (Å²) in [6.45, 7) is 0. The summed E-state index contributed by atoms with van der Waals surface area (Å²) in [5, 5.41) is 14.2. The molecule has 0 saturated heterocycles. The highest BCUT2D eigenvalue weighted by Crippen LogP contribution is 2.30. The lowest BCUT2D eigenvalue weighted by Crippen LogP contribution is -2.08. The summed E-state index contributed by atoms with van der Waals surface area (Å²) >= 11 is 5.60. The zero-order chi connectivity index (χ0) is 13.3. The maximum absolute atomic E-state index is 13.4. The van der Waals surface area contributed by atoms with E-state index in [1.165, 1.54) is 30.1 Å².